The van der Waals surface area contributed by atoms with Crippen LogP contribution in [0.4, 0.5) is 0 Å². The van der Waals surface area contributed by atoms with Crippen LogP contribution in [-0.4, -0.2) is 22.2 Å². The van der Waals surface area contributed by atoms with Crippen LogP contribution in [0.3, 0.4) is 0 Å². The van der Waals surface area contributed by atoms with E-state index in [4.69, 9.17) is 4.74 Å². The molecule has 2 aromatic rings. The van der Waals surface area contributed by atoms with Crippen LogP contribution >= 0.6 is 15.9 Å². The first kappa shape index (κ1) is 14.8. The molecule has 0 amide bonds. The van der Waals surface area contributed by atoms with Crippen molar-refractivity contribution >= 4 is 21.7 Å². The molecule has 4 nitrogen and oxygen atoms in total. The summed E-state index contributed by atoms with van der Waals surface area (Å²) in [4.78, 5) is 12.6. The number of ether oxygens (including phenoxy) is 1. The molecule has 20 heavy (non-hydrogen) atoms. The van der Waals surface area contributed by atoms with E-state index in [9.17, 15) is 4.79 Å². The first-order chi connectivity index (χ1) is 9.54. The molecule has 2 rings (SSSR count). The number of carbonyl (C=O) groups excluding carboxylic acids is 1. The fourth-order valence-electron chi connectivity index (χ4n) is 1.95. The van der Waals surface area contributed by atoms with Gasteiger partial charge < -0.3 is 4.74 Å². The highest BCUT2D eigenvalue weighted by atomic mass is 79.9. The Bertz CT molecular complexity index is 603. The highest BCUT2D eigenvalue weighted by molar-refractivity contribution is 9.10. The van der Waals surface area contributed by atoms with Gasteiger partial charge in [-0.15, -0.1) is 0 Å². The van der Waals surface area contributed by atoms with Gasteiger partial charge in [0.15, 0.2) is 0 Å². The summed E-state index contributed by atoms with van der Waals surface area (Å²) in [5.41, 5.74) is 1.20. The summed E-state index contributed by atoms with van der Waals surface area (Å²) in [6.07, 6.45) is 1.65. The summed E-state index contributed by atoms with van der Waals surface area (Å²) >= 11 is 3.39. The van der Waals surface area contributed by atoms with E-state index < -0.39 is 0 Å². The molecule has 1 aromatic carbocycles. The number of rotatable bonds is 5. The van der Waals surface area contributed by atoms with Gasteiger partial charge in [-0.2, -0.15) is 5.10 Å². The zero-order chi connectivity index (χ0) is 14.7. The Morgan fingerprint density at radius 1 is 1.35 bits per heavy atom. The van der Waals surface area contributed by atoms with Crippen molar-refractivity contribution < 1.29 is 9.53 Å². The lowest BCUT2D eigenvalue weighted by Crippen LogP contribution is -2.14. The molecule has 0 spiro atoms. The first-order valence-corrected chi connectivity index (χ1v) is 7.34. The van der Waals surface area contributed by atoms with Gasteiger partial charge >= 0.3 is 0 Å². The van der Waals surface area contributed by atoms with Gasteiger partial charge in [-0.05, 0) is 61.0 Å². The van der Waals surface area contributed by atoms with E-state index in [-0.39, 0.29) is 11.8 Å². The van der Waals surface area contributed by atoms with Gasteiger partial charge in [-0.3, -0.25) is 9.48 Å². The van der Waals surface area contributed by atoms with Crippen LogP contribution in [0, 0.1) is 0 Å². The monoisotopic (exact) mass is 336 g/mol. The average Bonchev–Trinajstić information content (AvgIpc) is 2.81. The van der Waals surface area contributed by atoms with Crippen LogP contribution < -0.4 is 4.74 Å². The highest BCUT2D eigenvalue weighted by Crippen LogP contribution is 2.23. The zero-order valence-electron chi connectivity index (χ0n) is 11.8. The molecule has 0 atom stereocenters. The molecule has 1 heterocycles. The van der Waals surface area contributed by atoms with E-state index in [1.54, 1.807) is 35.1 Å². The second-order valence-electron chi connectivity index (χ2n) is 4.67. The summed E-state index contributed by atoms with van der Waals surface area (Å²) in [7, 11) is 0. The van der Waals surface area contributed by atoms with Crippen molar-refractivity contribution in [3.05, 3.63) is 46.2 Å². The maximum absolute atomic E-state index is 12.6. The second-order valence-corrected chi connectivity index (χ2v) is 5.52. The fraction of sp³-hybridized carbons (Fsp3) is 0.333. The Morgan fingerprint density at radius 3 is 2.55 bits per heavy atom. The zero-order valence-corrected chi connectivity index (χ0v) is 13.3. The standard InChI is InChI=1S/C15H17BrN2O2/c1-4-20-12-7-5-11(6-8-12)15(19)14-13(16)9-17-18(14)10(2)3/h5-10H,4H2,1-3H3. The van der Waals surface area contributed by atoms with Gasteiger partial charge in [0.2, 0.25) is 5.78 Å². The van der Waals surface area contributed by atoms with Crippen molar-refractivity contribution in [1.29, 1.82) is 0 Å². The number of nitrogens with zero attached hydrogens (tertiary/aromatic N) is 2. The van der Waals surface area contributed by atoms with Crippen molar-refractivity contribution in [3.8, 4) is 5.75 Å². The van der Waals surface area contributed by atoms with Crippen LogP contribution in [0.15, 0.2) is 34.9 Å². The maximum Gasteiger partial charge on any atom is 0.212 e. The molecule has 0 bridgehead atoms. The molecule has 0 aliphatic carbocycles. The Balaban J connectivity index is 2.34. The summed E-state index contributed by atoms with van der Waals surface area (Å²) in [5.74, 6) is 0.714. The van der Waals surface area contributed by atoms with Crippen LogP contribution in [0.5, 0.6) is 5.75 Å². The minimum absolute atomic E-state index is 0.0499. The van der Waals surface area contributed by atoms with Crippen LogP contribution in [0.2, 0.25) is 0 Å². The number of hydrogen-bond acceptors (Lipinski definition) is 3. The lowest BCUT2D eigenvalue weighted by molar-refractivity contribution is 0.102. The molecule has 0 N–H and O–H groups in total. The molecule has 0 fully saturated rings. The summed E-state index contributed by atoms with van der Waals surface area (Å²) in [6.45, 7) is 6.53. The molecule has 0 aliphatic heterocycles. The Kier molecular flexibility index (Phi) is 4.60. The smallest absolute Gasteiger partial charge is 0.212 e. The number of carbonyl (C=O) groups is 1. The van der Waals surface area contributed by atoms with Gasteiger partial charge in [-0.1, -0.05) is 0 Å². The van der Waals surface area contributed by atoms with Gasteiger partial charge in [0.05, 0.1) is 17.3 Å². The molecule has 106 valence electrons. The fourth-order valence-corrected chi connectivity index (χ4v) is 2.40. The number of hydrogen-bond donors (Lipinski definition) is 0. The lowest BCUT2D eigenvalue weighted by atomic mass is 10.1. The van der Waals surface area contributed by atoms with Crippen LogP contribution in [0.25, 0.3) is 0 Å². The molecule has 0 unspecified atom stereocenters. The Morgan fingerprint density at radius 2 is 2.00 bits per heavy atom. The summed E-state index contributed by atoms with van der Waals surface area (Å²) in [6, 6.07) is 7.29. The molecule has 0 radical (unpaired) electrons. The van der Waals surface area contributed by atoms with Crippen molar-refractivity contribution in [1.82, 2.24) is 9.78 Å². The summed E-state index contributed by atoms with van der Waals surface area (Å²) in [5, 5.41) is 4.23. The molecule has 0 aliphatic rings. The van der Waals surface area contributed by atoms with Gasteiger partial charge in [0.25, 0.3) is 0 Å². The predicted molar refractivity (Wildman–Crippen MR) is 81.4 cm³/mol. The van der Waals surface area contributed by atoms with E-state index in [1.165, 1.54) is 0 Å². The maximum atomic E-state index is 12.6. The quantitative estimate of drug-likeness (QED) is 0.779. The number of ketones is 1. The first-order valence-electron chi connectivity index (χ1n) is 6.55. The second kappa shape index (κ2) is 6.22. The van der Waals surface area contributed by atoms with Crippen molar-refractivity contribution in [2.24, 2.45) is 0 Å². The third-order valence-electron chi connectivity index (χ3n) is 2.88. The molecular weight excluding hydrogens is 320 g/mol. The third-order valence-corrected chi connectivity index (χ3v) is 3.46. The molecule has 1 aromatic heterocycles. The van der Waals surface area contributed by atoms with Gasteiger partial charge in [-0.25, -0.2) is 0 Å². The normalized spacial score (nSPS) is 10.8. The lowest BCUT2D eigenvalue weighted by Gasteiger charge is -2.11. The van der Waals surface area contributed by atoms with E-state index in [0.717, 1.165) is 5.75 Å². The Hall–Kier alpha value is -1.62. The van der Waals surface area contributed by atoms with Gasteiger partial charge in [0.1, 0.15) is 11.4 Å². The topological polar surface area (TPSA) is 44.1 Å². The highest BCUT2D eigenvalue weighted by Gasteiger charge is 2.20. The minimum atomic E-state index is -0.0499. The SMILES string of the molecule is CCOc1ccc(C(=O)c2c(Br)cnn2C(C)C)cc1. The average molecular weight is 337 g/mol. The third kappa shape index (κ3) is 2.93. The molecular formula is C15H17BrN2O2. The van der Waals surface area contributed by atoms with Crippen molar-refractivity contribution in [2.75, 3.05) is 6.61 Å². The largest absolute Gasteiger partial charge is 0.494 e. The van der Waals surface area contributed by atoms with E-state index in [2.05, 4.69) is 21.0 Å². The molecule has 0 saturated heterocycles. The molecule has 0 saturated carbocycles. The van der Waals surface area contributed by atoms with E-state index >= 15 is 0 Å². The number of halogens is 1. The molecule has 5 heteroatoms. The summed E-state index contributed by atoms with van der Waals surface area (Å²) < 4.78 is 7.82. The van der Waals surface area contributed by atoms with Crippen LogP contribution in [-0.2, 0) is 0 Å². The van der Waals surface area contributed by atoms with Crippen molar-refractivity contribution in [3.63, 3.8) is 0 Å². The Labute approximate surface area is 126 Å². The minimum Gasteiger partial charge on any atom is -0.494 e. The predicted octanol–water partition coefficient (Wildman–Crippen LogP) is 3.86. The van der Waals surface area contributed by atoms with E-state index in [0.29, 0.717) is 22.3 Å². The van der Waals surface area contributed by atoms with Gasteiger partial charge in [0, 0.05) is 11.6 Å². The van der Waals surface area contributed by atoms with Crippen molar-refractivity contribution in [2.45, 2.75) is 26.8 Å². The van der Waals surface area contributed by atoms with Crippen LogP contribution in [0.1, 0.15) is 42.9 Å². The number of benzene rings is 1. The number of aromatic nitrogens is 2. The van der Waals surface area contributed by atoms with E-state index in [1.807, 2.05) is 20.8 Å².